The van der Waals surface area contributed by atoms with E-state index in [0.717, 1.165) is 25.7 Å². The number of hydrogen-bond acceptors (Lipinski definition) is 7. The van der Waals surface area contributed by atoms with E-state index in [1.807, 2.05) is 0 Å². The molecule has 1 atom stereocenters. The van der Waals surface area contributed by atoms with Gasteiger partial charge in [0.1, 0.15) is 10.6 Å². The fraction of sp³-hybridized carbons (Fsp3) is 0.474. The maximum atomic E-state index is 12.6. The summed E-state index contributed by atoms with van der Waals surface area (Å²) in [5.41, 5.74) is 0.731. The van der Waals surface area contributed by atoms with Gasteiger partial charge in [-0.2, -0.15) is 4.72 Å². The van der Waals surface area contributed by atoms with E-state index in [4.69, 9.17) is 14.0 Å². The van der Waals surface area contributed by atoms with Crippen LogP contribution in [0.15, 0.2) is 27.6 Å². The molecule has 2 aromatic rings. The zero-order valence-corrected chi connectivity index (χ0v) is 17.3. The molecule has 1 aliphatic carbocycles. The predicted octanol–water partition coefficient (Wildman–Crippen LogP) is 2.64. The molecular formula is C19H23N3O6S. The number of amides is 1. The Kier molecular flexibility index (Phi) is 4.78. The SMILES string of the molecule is Cc1noc(C)c1S(=O)(=O)N[C@H](C)C(=O)Nc1ccc2c(c1)OC1(CCCC1)O2. The van der Waals surface area contributed by atoms with Crippen molar-refractivity contribution < 1.29 is 27.2 Å². The van der Waals surface area contributed by atoms with Gasteiger partial charge in [-0.15, -0.1) is 0 Å². The van der Waals surface area contributed by atoms with Crippen molar-refractivity contribution in [2.75, 3.05) is 5.32 Å². The molecule has 1 aliphatic heterocycles. The molecule has 0 unspecified atom stereocenters. The maximum Gasteiger partial charge on any atom is 0.251 e. The van der Waals surface area contributed by atoms with Crippen molar-refractivity contribution in [2.24, 2.45) is 0 Å². The Balaban J connectivity index is 1.44. The third-order valence-corrected chi connectivity index (χ3v) is 6.91. The molecule has 1 aromatic carbocycles. The van der Waals surface area contributed by atoms with Gasteiger partial charge in [-0.05, 0) is 45.7 Å². The molecule has 0 bridgehead atoms. The number of nitrogens with one attached hydrogen (secondary N) is 2. The van der Waals surface area contributed by atoms with Gasteiger partial charge in [-0.3, -0.25) is 4.79 Å². The number of aromatic nitrogens is 1. The van der Waals surface area contributed by atoms with Gasteiger partial charge >= 0.3 is 0 Å². The molecule has 9 nitrogen and oxygen atoms in total. The Morgan fingerprint density at radius 3 is 2.52 bits per heavy atom. The molecule has 0 saturated heterocycles. The molecule has 1 saturated carbocycles. The third-order valence-electron chi connectivity index (χ3n) is 5.13. The van der Waals surface area contributed by atoms with Crippen LogP contribution in [0.2, 0.25) is 0 Å². The van der Waals surface area contributed by atoms with E-state index in [1.54, 1.807) is 18.2 Å². The van der Waals surface area contributed by atoms with Gasteiger partial charge < -0.3 is 19.3 Å². The predicted molar refractivity (Wildman–Crippen MR) is 103 cm³/mol. The molecule has 10 heteroatoms. The van der Waals surface area contributed by atoms with Crippen molar-refractivity contribution in [3.8, 4) is 11.5 Å². The van der Waals surface area contributed by atoms with Crippen molar-refractivity contribution in [3.05, 3.63) is 29.7 Å². The smallest absolute Gasteiger partial charge is 0.251 e. The number of anilines is 1. The average Bonchev–Trinajstić information content (AvgIpc) is 3.33. The van der Waals surface area contributed by atoms with Crippen LogP contribution in [-0.2, 0) is 14.8 Å². The summed E-state index contributed by atoms with van der Waals surface area (Å²) in [6, 6.07) is 4.12. The highest BCUT2D eigenvalue weighted by molar-refractivity contribution is 7.89. The first-order valence-corrected chi connectivity index (χ1v) is 11.0. The summed E-state index contributed by atoms with van der Waals surface area (Å²) in [6.45, 7) is 4.49. The molecule has 4 rings (SSSR count). The lowest BCUT2D eigenvalue weighted by molar-refractivity contribution is -0.117. The largest absolute Gasteiger partial charge is 0.448 e. The monoisotopic (exact) mass is 421 g/mol. The van der Waals surface area contributed by atoms with Crippen LogP contribution in [0.3, 0.4) is 0 Å². The quantitative estimate of drug-likeness (QED) is 0.761. The Hall–Kier alpha value is -2.59. The number of rotatable bonds is 5. The molecule has 156 valence electrons. The number of nitrogens with zero attached hydrogens (tertiary/aromatic N) is 1. The summed E-state index contributed by atoms with van der Waals surface area (Å²) in [4.78, 5) is 12.5. The van der Waals surface area contributed by atoms with Gasteiger partial charge in [0.05, 0.1) is 6.04 Å². The Morgan fingerprint density at radius 2 is 1.86 bits per heavy atom. The molecule has 0 radical (unpaired) electrons. The van der Waals surface area contributed by atoms with Crippen molar-refractivity contribution in [2.45, 2.75) is 63.2 Å². The molecule has 2 heterocycles. The summed E-state index contributed by atoms with van der Waals surface area (Å²) in [7, 11) is -3.95. The zero-order valence-electron chi connectivity index (χ0n) is 16.4. The molecule has 2 aliphatic rings. The van der Waals surface area contributed by atoms with E-state index < -0.39 is 27.8 Å². The van der Waals surface area contributed by atoms with Crippen LogP contribution in [0.4, 0.5) is 5.69 Å². The summed E-state index contributed by atoms with van der Waals surface area (Å²) >= 11 is 0. The first-order valence-electron chi connectivity index (χ1n) is 9.47. The van der Waals surface area contributed by atoms with Crippen LogP contribution in [0.25, 0.3) is 0 Å². The van der Waals surface area contributed by atoms with Gasteiger partial charge in [-0.25, -0.2) is 8.42 Å². The lowest BCUT2D eigenvalue weighted by Gasteiger charge is -2.21. The molecule has 1 amide bonds. The normalized spacial score (nSPS) is 18.2. The van der Waals surface area contributed by atoms with Crippen molar-refractivity contribution in [3.63, 3.8) is 0 Å². The van der Waals surface area contributed by atoms with Gasteiger partial charge in [-0.1, -0.05) is 5.16 Å². The molecule has 1 fully saturated rings. The van der Waals surface area contributed by atoms with E-state index in [2.05, 4.69) is 15.2 Å². The number of aryl methyl sites for hydroxylation is 2. The Morgan fingerprint density at radius 1 is 1.17 bits per heavy atom. The Labute approximate surface area is 168 Å². The maximum absolute atomic E-state index is 12.6. The van der Waals surface area contributed by atoms with Crippen LogP contribution in [0.1, 0.15) is 44.1 Å². The van der Waals surface area contributed by atoms with Crippen molar-refractivity contribution in [1.82, 2.24) is 9.88 Å². The van der Waals surface area contributed by atoms with Gasteiger partial charge in [0.25, 0.3) is 5.79 Å². The number of carbonyl (C=O) groups is 1. The molecule has 1 aromatic heterocycles. The number of benzene rings is 1. The fourth-order valence-electron chi connectivity index (χ4n) is 3.74. The summed E-state index contributed by atoms with van der Waals surface area (Å²) < 4.78 is 44.3. The summed E-state index contributed by atoms with van der Waals surface area (Å²) in [5, 5.41) is 6.35. The lowest BCUT2D eigenvalue weighted by atomic mass is 10.2. The van der Waals surface area contributed by atoms with E-state index >= 15 is 0 Å². The molecular weight excluding hydrogens is 398 g/mol. The lowest BCUT2D eigenvalue weighted by Crippen LogP contribution is -2.41. The van der Waals surface area contributed by atoms with Crippen LogP contribution in [0.5, 0.6) is 11.5 Å². The highest BCUT2D eigenvalue weighted by atomic mass is 32.2. The highest BCUT2D eigenvalue weighted by Gasteiger charge is 2.44. The molecule has 29 heavy (non-hydrogen) atoms. The van der Waals surface area contributed by atoms with Crippen LogP contribution < -0.4 is 19.5 Å². The molecule has 2 N–H and O–H groups in total. The second-order valence-electron chi connectivity index (χ2n) is 7.47. The standard InChI is InChI=1S/C19H23N3O6S/c1-11-17(13(3)28-21-11)29(24,25)22-12(2)18(23)20-14-6-7-15-16(10-14)27-19(26-15)8-4-5-9-19/h6-7,10,12,22H,4-5,8-9H2,1-3H3,(H,20,23)/t12-/m1/s1. The molecule has 1 spiro atoms. The van der Waals surface area contributed by atoms with Crippen molar-refractivity contribution >= 4 is 21.6 Å². The van der Waals surface area contributed by atoms with Crippen LogP contribution in [-0.4, -0.2) is 31.3 Å². The first-order chi connectivity index (χ1) is 13.7. The van der Waals surface area contributed by atoms with Gasteiger partial charge in [0, 0.05) is 24.6 Å². The second kappa shape index (κ2) is 7.03. The van der Waals surface area contributed by atoms with E-state index in [1.165, 1.54) is 20.8 Å². The topological polar surface area (TPSA) is 120 Å². The Bertz CT molecular complexity index is 1040. The number of hydrogen-bond donors (Lipinski definition) is 2. The second-order valence-corrected chi connectivity index (χ2v) is 9.12. The zero-order chi connectivity index (χ0) is 20.8. The first kappa shape index (κ1) is 19.7. The van der Waals surface area contributed by atoms with E-state index in [0.29, 0.717) is 17.2 Å². The van der Waals surface area contributed by atoms with E-state index in [9.17, 15) is 13.2 Å². The van der Waals surface area contributed by atoms with Gasteiger partial charge in [0.2, 0.25) is 15.9 Å². The number of ether oxygens (including phenoxy) is 2. The minimum atomic E-state index is -3.95. The minimum absolute atomic E-state index is 0.0536. The fourth-order valence-corrected chi connectivity index (χ4v) is 5.28. The number of sulfonamides is 1. The minimum Gasteiger partial charge on any atom is -0.448 e. The van der Waals surface area contributed by atoms with Crippen molar-refractivity contribution in [1.29, 1.82) is 0 Å². The van der Waals surface area contributed by atoms with Gasteiger partial charge in [0.15, 0.2) is 17.3 Å². The van der Waals surface area contributed by atoms with Crippen LogP contribution >= 0.6 is 0 Å². The van der Waals surface area contributed by atoms with E-state index in [-0.39, 0.29) is 16.3 Å². The number of fused-ring (bicyclic) bond motifs is 1. The third kappa shape index (κ3) is 3.69. The van der Waals surface area contributed by atoms with Crippen LogP contribution in [0, 0.1) is 13.8 Å². The highest BCUT2D eigenvalue weighted by Crippen LogP contribution is 2.47. The average molecular weight is 421 g/mol. The number of carbonyl (C=O) groups excluding carboxylic acids is 1. The summed E-state index contributed by atoms with van der Waals surface area (Å²) in [5.74, 6) is 0.308. The summed E-state index contributed by atoms with van der Waals surface area (Å²) in [6.07, 6.45) is 3.79.